The van der Waals surface area contributed by atoms with Gasteiger partial charge < -0.3 is 0 Å². The molecule has 1 heterocycles. The fraction of sp³-hybridized carbons (Fsp3) is 0.118. The second-order valence-corrected chi connectivity index (χ2v) is 9.50. The van der Waals surface area contributed by atoms with Crippen molar-refractivity contribution in [3.63, 3.8) is 0 Å². The predicted molar refractivity (Wildman–Crippen MR) is 108 cm³/mol. The maximum Gasteiger partial charge on any atom is 0.294 e. The molecule has 4 N–H and O–H groups in total. The van der Waals surface area contributed by atoms with E-state index in [4.69, 9.17) is 0 Å². The first-order chi connectivity index (χ1) is 13.7. The van der Waals surface area contributed by atoms with Crippen LogP contribution < -0.4 is 10.9 Å². The van der Waals surface area contributed by atoms with Crippen molar-refractivity contribution < 1.29 is 25.9 Å². The Morgan fingerprint density at radius 2 is 1.79 bits per heavy atom. The Kier molecular flexibility index (Phi) is 5.61. The number of hydrogen-bond acceptors (Lipinski definition) is 8. The topological polar surface area (TPSA) is 148 Å². The Morgan fingerprint density at radius 3 is 2.38 bits per heavy atom. The van der Waals surface area contributed by atoms with Gasteiger partial charge in [0.2, 0.25) is 0 Å². The summed E-state index contributed by atoms with van der Waals surface area (Å²) >= 11 is 0. The molecule has 0 spiro atoms. The summed E-state index contributed by atoms with van der Waals surface area (Å²) in [6.45, 7) is 0. The maximum absolute atomic E-state index is 12.4. The molecular weight excluding hydrogens is 420 g/mol. The molecular formula is C17H18N4O6S2. The minimum absolute atomic E-state index is 0.521. The second kappa shape index (κ2) is 7.83. The molecule has 0 aromatic heterocycles. The monoisotopic (exact) mass is 438 g/mol. The fourth-order valence-electron chi connectivity index (χ4n) is 3.00. The van der Waals surface area contributed by atoms with E-state index in [2.05, 4.69) is 16.0 Å². The molecule has 154 valence electrons. The van der Waals surface area contributed by atoms with Crippen molar-refractivity contribution in [1.82, 2.24) is 16.1 Å². The molecule has 0 bridgehead atoms. The first kappa shape index (κ1) is 20.8. The number of hydrazone groups is 1. The van der Waals surface area contributed by atoms with Crippen molar-refractivity contribution in [2.75, 3.05) is 0 Å². The van der Waals surface area contributed by atoms with Crippen molar-refractivity contribution in [2.24, 2.45) is 11.0 Å². The molecule has 2 aliphatic rings. The lowest BCUT2D eigenvalue weighted by atomic mass is 9.95. The minimum Gasteiger partial charge on any atom is -0.284 e. The normalized spacial score (nSPS) is 21.1. The largest absolute Gasteiger partial charge is 0.294 e. The highest BCUT2D eigenvalue weighted by atomic mass is 32.3. The number of benzene rings is 1. The zero-order valence-corrected chi connectivity index (χ0v) is 16.5. The van der Waals surface area contributed by atoms with Crippen LogP contribution in [0.1, 0.15) is 5.56 Å². The van der Waals surface area contributed by atoms with Crippen LogP contribution in [-0.2, 0) is 20.2 Å². The van der Waals surface area contributed by atoms with Crippen LogP contribution in [-0.4, -0.2) is 41.5 Å². The summed E-state index contributed by atoms with van der Waals surface area (Å²) in [5.74, 6) is -1.45. The molecule has 1 aromatic rings. The van der Waals surface area contributed by atoms with Crippen molar-refractivity contribution in [3.8, 4) is 0 Å². The summed E-state index contributed by atoms with van der Waals surface area (Å²) < 4.78 is 66.5. The van der Waals surface area contributed by atoms with Gasteiger partial charge in [-0.2, -0.15) is 16.8 Å². The van der Waals surface area contributed by atoms with E-state index in [0.29, 0.717) is 5.56 Å². The van der Waals surface area contributed by atoms with Gasteiger partial charge in [-0.3, -0.25) is 20.0 Å². The Hall–Kier alpha value is -2.93. The maximum atomic E-state index is 12.4. The van der Waals surface area contributed by atoms with Crippen LogP contribution in [0.4, 0.5) is 0 Å². The highest BCUT2D eigenvalue weighted by molar-refractivity contribution is 8.05. The van der Waals surface area contributed by atoms with Gasteiger partial charge in [-0.15, -0.1) is 10.3 Å². The molecule has 1 atom stereocenters. The van der Waals surface area contributed by atoms with Gasteiger partial charge in [-0.05, 0) is 17.7 Å². The van der Waals surface area contributed by atoms with Crippen molar-refractivity contribution in [2.45, 2.75) is 4.08 Å². The number of rotatable bonds is 6. The van der Waals surface area contributed by atoms with Crippen LogP contribution in [0.3, 0.4) is 0 Å². The van der Waals surface area contributed by atoms with Gasteiger partial charge in [0, 0.05) is 12.1 Å². The van der Waals surface area contributed by atoms with E-state index < -0.39 is 35.9 Å². The zero-order valence-electron chi connectivity index (χ0n) is 14.8. The van der Waals surface area contributed by atoms with E-state index in [0.717, 1.165) is 11.3 Å². The Bertz CT molecular complexity index is 1090. The minimum atomic E-state index is -5.39. The van der Waals surface area contributed by atoms with E-state index in [9.17, 15) is 25.9 Å². The standard InChI is InChI=1S/C17H18N4O6S2/c22-28(23,24)17(29(25,26)27)15(11-10-14-6-2-1-3-7-14)8-4-9-16(17)20-21-18-12-5-13-19-21/h1-13,15,18,20H,(H,22,23,24)(H,25,26,27). The van der Waals surface area contributed by atoms with Crippen LogP contribution >= 0.6 is 0 Å². The highest BCUT2D eigenvalue weighted by Crippen LogP contribution is 2.42. The van der Waals surface area contributed by atoms with Gasteiger partial charge in [-0.25, -0.2) is 0 Å². The zero-order chi connectivity index (χ0) is 21.1. The Balaban J connectivity index is 2.11. The summed E-state index contributed by atoms with van der Waals surface area (Å²) in [6.07, 6.45) is 10.9. The van der Waals surface area contributed by atoms with Gasteiger partial charge >= 0.3 is 0 Å². The smallest absolute Gasteiger partial charge is 0.284 e. The van der Waals surface area contributed by atoms with E-state index >= 15 is 0 Å². The summed E-state index contributed by atoms with van der Waals surface area (Å²) in [6, 6.07) is 8.72. The quantitative estimate of drug-likeness (QED) is 0.478. The van der Waals surface area contributed by atoms with Crippen molar-refractivity contribution >= 4 is 32.5 Å². The Morgan fingerprint density at radius 1 is 1.10 bits per heavy atom. The molecule has 0 amide bonds. The SMILES string of the molecule is O=S(=O)(O)C1(S(=O)(=O)O)C(NN2N=CC=CN2)=CC=CC1C=Cc1ccccc1. The molecule has 0 saturated carbocycles. The molecule has 12 heteroatoms. The fourth-order valence-corrected chi connectivity index (χ4v) is 5.85. The molecule has 0 saturated heterocycles. The van der Waals surface area contributed by atoms with Crippen molar-refractivity contribution in [1.29, 1.82) is 0 Å². The van der Waals surface area contributed by atoms with Crippen molar-refractivity contribution in [3.05, 3.63) is 78.2 Å². The van der Waals surface area contributed by atoms with Gasteiger partial charge in [-0.1, -0.05) is 54.6 Å². The summed E-state index contributed by atoms with van der Waals surface area (Å²) in [4.78, 5) is 0. The van der Waals surface area contributed by atoms with E-state index in [1.807, 2.05) is 0 Å². The summed E-state index contributed by atoms with van der Waals surface area (Å²) in [7, 11) is -10.8. The lowest BCUT2D eigenvalue weighted by molar-refractivity contribution is 0.162. The van der Waals surface area contributed by atoms with E-state index in [1.165, 1.54) is 42.8 Å². The molecule has 0 radical (unpaired) electrons. The number of allylic oxidation sites excluding steroid dienone is 5. The van der Waals surface area contributed by atoms with Gasteiger partial charge in [0.25, 0.3) is 24.3 Å². The van der Waals surface area contributed by atoms with E-state index in [-0.39, 0.29) is 0 Å². The summed E-state index contributed by atoms with van der Waals surface area (Å²) in [5, 5.41) is 4.76. The van der Waals surface area contributed by atoms with Gasteiger partial charge in [0.1, 0.15) is 0 Å². The third-order valence-corrected chi connectivity index (χ3v) is 8.03. The van der Waals surface area contributed by atoms with Crippen LogP contribution in [0.25, 0.3) is 6.08 Å². The van der Waals surface area contributed by atoms with Crippen LogP contribution in [0, 0.1) is 5.92 Å². The molecule has 1 aliphatic carbocycles. The summed E-state index contributed by atoms with van der Waals surface area (Å²) in [5.41, 5.74) is 5.19. The molecule has 1 aromatic carbocycles. The van der Waals surface area contributed by atoms with Gasteiger partial charge in [0.15, 0.2) is 0 Å². The third kappa shape index (κ3) is 3.96. The number of nitrogens with zero attached hydrogens (tertiary/aromatic N) is 2. The lowest BCUT2D eigenvalue weighted by Gasteiger charge is -2.37. The third-order valence-electron chi connectivity index (χ3n) is 4.25. The van der Waals surface area contributed by atoms with Gasteiger partial charge in [0.05, 0.1) is 11.9 Å². The predicted octanol–water partition coefficient (Wildman–Crippen LogP) is 1.07. The average Bonchev–Trinajstić information content (AvgIpc) is 2.66. The van der Waals surface area contributed by atoms with E-state index in [1.54, 1.807) is 30.3 Å². The Labute approximate surface area is 168 Å². The molecule has 1 aliphatic heterocycles. The van der Waals surface area contributed by atoms with Crippen LogP contribution in [0.15, 0.2) is 77.7 Å². The first-order valence-electron chi connectivity index (χ1n) is 8.24. The van der Waals surface area contributed by atoms with Crippen LogP contribution in [0.2, 0.25) is 0 Å². The number of hydrogen-bond donors (Lipinski definition) is 4. The average molecular weight is 438 g/mol. The highest BCUT2D eigenvalue weighted by Gasteiger charge is 2.63. The first-order valence-corrected chi connectivity index (χ1v) is 11.1. The molecule has 10 nitrogen and oxygen atoms in total. The lowest BCUT2D eigenvalue weighted by Crippen LogP contribution is -2.59. The number of hydrazine groups is 2. The molecule has 1 unspecified atom stereocenters. The second-order valence-electron chi connectivity index (χ2n) is 6.05. The molecule has 3 rings (SSSR count). The number of nitrogens with one attached hydrogen (secondary N) is 2. The molecule has 0 fully saturated rings. The molecule has 29 heavy (non-hydrogen) atoms. The van der Waals surface area contributed by atoms with Crippen LogP contribution in [0.5, 0.6) is 0 Å².